The minimum absolute atomic E-state index is 0.109. The molecule has 0 unspecified atom stereocenters. The molecule has 0 aromatic heterocycles. The summed E-state index contributed by atoms with van der Waals surface area (Å²) in [6.07, 6.45) is 1.76. The van der Waals surface area contributed by atoms with Gasteiger partial charge < -0.3 is 47.4 Å². The lowest BCUT2D eigenvalue weighted by atomic mass is 10.1. The van der Waals surface area contributed by atoms with Gasteiger partial charge in [0.25, 0.3) is 0 Å². The van der Waals surface area contributed by atoms with Crippen LogP contribution in [0, 0.1) is 0 Å². The minimum Gasteiger partial charge on any atom is -0.445 e. The van der Waals surface area contributed by atoms with E-state index in [1.54, 1.807) is 20.8 Å². The van der Waals surface area contributed by atoms with Gasteiger partial charge in [0.15, 0.2) is 0 Å². The summed E-state index contributed by atoms with van der Waals surface area (Å²) in [5.74, 6) is -0.588. The minimum atomic E-state index is -0.780. The van der Waals surface area contributed by atoms with Crippen molar-refractivity contribution in [1.82, 2.24) is 16.0 Å². The average molecular weight is 749 g/mol. The molecule has 296 valence electrons. The number of ether oxygens (including phenoxy) is 3. The first kappa shape index (κ1) is 46.6. The summed E-state index contributed by atoms with van der Waals surface area (Å²) in [6, 6.07) is 28.2. The largest absolute Gasteiger partial charge is 0.445 e. The van der Waals surface area contributed by atoms with Gasteiger partial charge in [-0.05, 0) is 71.1 Å². The van der Waals surface area contributed by atoms with E-state index in [-0.39, 0.29) is 18.7 Å². The first-order valence-corrected chi connectivity index (χ1v) is 17.8. The molecule has 54 heavy (non-hydrogen) atoms. The number of benzene rings is 3. The number of alkyl carbamates (subject to hydrolysis) is 3. The lowest BCUT2D eigenvalue weighted by Gasteiger charge is -2.23. The van der Waals surface area contributed by atoms with Crippen molar-refractivity contribution in [3.8, 4) is 0 Å². The first-order chi connectivity index (χ1) is 25.4. The Hall–Kier alpha value is -5.40. The number of nitrogens with two attached hydrogens (primary N) is 3. The zero-order valence-electron chi connectivity index (χ0n) is 32.5. The number of rotatable bonds is 14. The third-order valence-electron chi connectivity index (χ3n) is 6.83. The fourth-order valence-electron chi connectivity index (χ4n) is 4.48. The molecule has 0 radical (unpaired) electrons. The molecule has 0 heterocycles. The second-order valence-electron chi connectivity index (χ2n) is 14.3. The summed E-state index contributed by atoms with van der Waals surface area (Å²) < 4.78 is 15.1. The van der Waals surface area contributed by atoms with Gasteiger partial charge in [-0.1, -0.05) is 104 Å². The van der Waals surface area contributed by atoms with Gasteiger partial charge in [0.2, 0.25) is 5.91 Å². The van der Waals surface area contributed by atoms with Crippen LogP contribution in [0.3, 0.4) is 0 Å². The highest BCUT2D eigenvalue weighted by Crippen LogP contribution is 2.10. The maximum absolute atomic E-state index is 11.6. The Morgan fingerprint density at radius 3 is 1.52 bits per heavy atom. The van der Waals surface area contributed by atoms with Crippen LogP contribution in [0.1, 0.15) is 58.2 Å². The van der Waals surface area contributed by atoms with Crippen LogP contribution in [0.4, 0.5) is 14.4 Å². The van der Waals surface area contributed by atoms with Crippen LogP contribution in [0.5, 0.6) is 0 Å². The molecule has 0 saturated heterocycles. The molecule has 0 fully saturated rings. The predicted octanol–water partition coefficient (Wildman–Crippen LogP) is 5.16. The van der Waals surface area contributed by atoms with Crippen molar-refractivity contribution in [2.75, 3.05) is 19.7 Å². The lowest BCUT2D eigenvalue weighted by Crippen LogP contribution is -2.47. The normalized spacial score (nSPS) is 12.4. The van der Waals surface area contributed by atoms with Crippen molar-refractivity contribution in [2.24, 2.45) is 17.2 Å². The second-order valence-corrected chi connectivity index (χ2v) is 14.3. The van der Waals surface area contributed by atoms with E-state index in [4.69, 9.17) is 31.4 Å². The van der Waals surface area contributed by atoms with Crippen LogP contribution in [0.15, 0.2) is 104 Å². The predicted molar refractivity (Wildman–Crippen MR) is 213 cm³/mol. The Kier molecular flexibility index (Phi) is 21.4. The third-order valence-corrected chi connectivity index (χ3v) is 6.83. The maximum Gasteiger partial charge on any atom is 0.408 e. The van der Waals surface area contributed by atoms with Crippen LogP contribution in [-0.4, -0.2) is 73.2 Å². The number of hydrogen-bond donors (Lipinski definition) is 6. The average Bonchev–Trinajstić information content (AvgIpc) is 3.09. The summed E-state index contributed by atoms with van der Waals surface area (Å²) in [5.41, 5.74) is 19.0. The van der Waals surface area contributed by atoms with Crippen molar-refractivity contribution in [2.45, 2.75) is 90.1 Å². The summed E-state index contributed by atoms with van der Waals surface area (Å²) in [5, 5.41) is 7.87. The van der Waals surface area contributed by atoms with Gasteiger partial charge >= 0.3 is 18.3 Å². The van der Waals surface area contributed by atoms with Gasteiger partial charge in [-0.15, -0.1) is 0 Å². The van der Waals surface area contributed by atoms with Crippen LogP contribution in [0.2, 0.25) is 0 Å². The number of carbonyl (C=O) groups excluding carboxylic acids is 4. The van der Waals surface area contributed by atoms with Crippen LogP contribution in [-0.2, 0) is 38.3 Å². The van der Waals surface area contributed by atoms with Crippen molar-refractivity contribution in [1.29, 1.82) is 0 Å². The summed E-state index contributed by atoms with van der Waals surface area (Å²) in [7, 11) is 0. The second kappa shape index (κ2) is 24.8. The van der Waals surface area contributed by atoms with Gasteiger partial charge in [0, 0.05) is 31.6 Å². The Bertz CT molecular complexity index is 1530. The van der Waals surface area contributed by atoms with E-state index >= 15 is 0 Å². The number of hydrogen-bond acceptors (Lipinski definition) is 9. The molecule has 3 aromatic carbocycles. The van der Waals surface area contributed by atoms with Crippen molar-refractivity contribution < 1.29 is 33.4 Å². The third kappa shape index (κ3) is 24.0. The van der Waals surface area contributed by atoms with Crippen molar-refractivity contribution in [3.63, 3.8) is 0 Å². The smallest absolute Gasteiger partial charge is 0.408 e. The highest BCUT2D eigenvalue weighted by atomic mass is 16.6. The van der Waals surface area contributed by atoms with Crippen molar-refractivity contribution in [3.05, 3.63) is 120 Å². The standard InChI is InChI=1S/C14H20N2O3.C14H22N2O2.C13H18N2O2/c1-14(2,3)19-13(18)16-11(12(15)17)9-10-7-5-4-6-8-10;1-14(2,3)18-13(17)16-12(10-15)9-11-7-5-4-6-8-11;1-2-8-17-13(16)15-10-12(14)9-11-6-4-3-5-7-11/h4-8,11H,9H2,1-3H3,(H2,15,17)(H,16,18);4-8,12H,9-10,15H2,1-3H3,(H,16,17);2-7,12H,1,8-10,14H2,(H,15,16)/t11-;2*12-/m000/s1. The Morgan fingerprint density at radius 2 is 1.11 bits per heavy atom. The molecule has 3 rings (SSSR count). The SMILES string of the molecule is C=CCOC(=O)NC[C@@H](N)Cc1ccccc1.CC(C)(C)OC(=O)N[C@@H](Cc1ccccc1)C(N)=O.CC(C)(C)OC(=O)N[C@H](CN)Cc1ccccc1. The van der Waals surface area contributed by atoms with Crippen LogP contribution in [0.25, 0.3) is 0 Å². The lowest BCUT2D eigenvalue weighted by molar-refractivity contribution is -0.120. The van der Waals surface area contributed by atoms with E-state index in [9.17, 15) is 19.2 Å². The Balaban J connectivity index is 0.000000406. The van der Waals surface area contributed by atoms with Crippen LogP contribution < -0.4 is 33.2 Å². The zero-order chi connectivity index (χ0) is 40.6. The number of primary amides is 1. The molecule has 13 heteroatoms. The summed E-state index contributed by atoms with van der Waals surface area (Å²) in [4.78, 5) is 45.7. The fraction of sp³-hybridized carbons (Fsp3) is 0.415. The molecule has 4 amide bonds. The summed E-state index contributed by atoms with van der Waals surface area (Å²) in [6.45, 7) is 15.2. The van der Waals surface area contributed by atoms with Gasteiger partial charge in [-0.2, -0.15) is 0 Å². The topological polar surface area (TPSA) is 210 Å². The van der Waals surface area contributed by atoms with E-state index in [0.29, 0.717) is 25.9 Å². The molecular weight excluding hydrogens is 688 g/mol. The Labute approximate surface area is 320 Å². The summed E-state index contributed by atoms with van der Waals surface area (Å²) >= 11 is 0. The Morgan fingerprint density at radius 1 is 0.685 bits per heavy atom. The van der Waals surface area contributed by atoms with Gasteiger partial charge in [-0.3, -0.25) is 4.79 Å². The molecule has 0 aliphatic heterocycles. The molecule has 0 bridgehead atoms. The molecule has 3 aromatic rings. The van der Waals surface area contributed by atoms with Crippen LogP contribution >= 0.6 is 0 Å². The molecule has 0 aliphatic rings. The molecule has 9 N–H and O–H groups in total. The first-order valence-electron chi connectivity index (χ1n) is 17.8. The molecule has 3 atom stereocenters. The molecule has 0 saturated carbocycles. The number of amides is 4. The molecule has 13 nitrogen and oxygen atoms in total. The van der Waals surface area contributed by atoms with E-state index in [0.717, 1.165) is 23.1 Å². The van der Waals surface area contributed by atoms with Crippen molar-refractivity contribution >= 4 is 24.2 Å². The quantitative estimate of drug-likeness (QED) is 0.0949. The molecule has 0 aliphatic carbocycles. The molecule has 0 spiro atoms. The van der Waals surface area contributed by atoms with Gasteiger partial charge in [-0.25, -0.2) is 14.4 Å². The van der Waals surface area contributed by atoms with E-state index in [2.05, 4.69) is 22.5 Å². The van der Waals surface area contributed by atoms with E-state index in [1.165, 1.54) is 6.08 Å². The highest BCUT2D eigenvalue weighted by Gasteiger charge is 2.23. The maximum atomic E-state index is 11.6. The van der Waals surface area contributed by atoms with E-state index in [1.807, 2.05) is 112 Å². The fourth-order valence-corrected chi connectivity index (χ4v) is 4.48. The molecular formula is C41H60N6O7. The number of carbonyl (C=O) groups is 4. The monoisotopic (exact) mass is 748 g/mol. The number of nitrogens with one attached hydrogen (secondary N) is 3. The highest BCUT2D eigenvalue weighted by molar-refractivity contribution is 5.84. The zero-order valence-corrected chi connectivity index (χ0v) is 32.5. The van der Waals surface area contributed by atoms with E-state index < -0.39 is 41.4 Å². The van der Waals surface area contributed by atoms with Gasteiger partial charge in [0.1, 0.15) is 23.9 Å². The van der Waals surface area contributed by atoms with Gasteiger partial charge in [0.05, 0.1) is 0 Å².